The highest BCUT2D eigenvalue weighted by atomic mass is 79.9. The average Bonchev–Trinajstić information content (AvgIpc) is 3.21. The standard InChI is InChI=1S/C20H21BrN2O3S/c21-17-9-3-4-10-19(17)27(25,26)23-14-16-8-2-1-7-15(16)13-18(23)20(24)22-11-5-6-12-22/h1-4,7-10,18H,5-6,11-14H2/t18-/m1/s1. The van der Waals surface area contributed by atoms with E-state index in [1.54, 1.807) is 29.2 Å². The zero-order valence-electron chi connectivity index (χ0n) is 14.8. The number of halogens is 1. The third-order valence-electron chi connectivity index (χ3n) is 5.33. The van der Waals surface area contributed by atoms with E-state index in [4.69, 9.17) is 0 Å². The number of benzene rings is 2. The molecule has 0 aromatic heterocycles. The van der Waals surface area contributed by atoms with Crippen LogP contribution in [0.25, 0.3) is 0 Å². The lowest BCUT2D eigenvalue weighted by molar-refractivity contribution is -0.134. The molecule has 0 bridgehead atoms. The van der Waals surface area contributed by atoms with Gasteiger partial charge in [0, 0.05) is 24.1 Å². The minimum Gasteiger partial charge on any atom is -0.341 e. The highest BCUT2D eigenvalue weighted by molar-refractivity contribution is 9.10. The molecule has 27 heavy (non-hydrogen) atoms. The molecule has 2 heterocycles. The van der Waals surface area contributed by atoms with Crippen LogP contribution in [0.2, 0.25) is 0 Å². The zero-order chi connectivity index (χ0) is 19.0. The van der Waals surface area contributed by atoms with Gasteiger partial charge in [0.2, 0.25) is 15.9 Å². The Labute approximate surface area is 168 Å². The molecular formula is C20H21BrN2O3S. The van der Waals surface area contributed by atoms with Crippen LogP contribution in [0.15, 0.2) is 57.9 Å². The van der Waals surface area contributed by atoms with Crippen molar-refractivity contribution in [3.8, 4) is 0 Å². The van der Waals surface area contributed by atoms with Gasteiger partial charge in [0.05, 0.1) is 4.90 Å². The van der Waals surface area contributed by atoms with E-state index in [0.29, 0.717) is 24.0 Å². The van der Waals surface area contributed by atoms with E-state index in [1.807, 2.05) is 24.3 Å². The number of hydrogen-bond acceptors (Lipinski definition) is 3. The summed E-state index contributed by atoms with van der Waals surface area (Å²) in [5.74, 6) is -0.0855. The number of fused-ring (bicyclic) bond motifs is 1. The van der Waals surface area contributed by atoms with Gasteiger partial charge in [0.1, 0.15) is 6.04 Å². The predicted molar refractivity (Wildman–Crippen MR) is 107 cm³/mol. The van der Waals surface area contributed by atoms with Gasteiger partial charge in [-0.25, -0.2) is 8.42 Å². The first kappa shape index (κ1) is 18.7. The summed E-state index contributed by atoms with van der Waals surface area (Å²) in [5, 5.41) is 0. The summed E-state index contributed by atoms with van der Waals surface area (Å²) in [4.78, 5) is 15.2. The molecule has 0 saturated carbocycles. The number of likely N-dealkylation sites (tertiary alicyclic amines) is 1. The van der Waals surface area contributed by atoms with Gasteiger partial charge in [-0.15, -0.1) is 0 Å². The predicted octanol–water partition coefficient (Wildman–Crippen LogP) is 3.19. The first-order chi connectivity index (χ1) is 13.0. The maximum absolute atomic E-state index is 13.5. The second kappa shape index (κ2) is 7.37. The zero-order valence-corrected chi connectivity index (χ0v) is 17.2. The second-order valence-electron chi connectivity index (χ2n) is 7.00. The van der Waals surface area contributed by atoms with Crippen LogP contribution < -0.4 is 0 Å². The topological polar surface area (TPSA) is 57.7 Å². The van der Waals surface area contributed by atoms with Crippen molar-refractivity contribution in [2.24, 2.45) is 0 Å². The van der Waals surface area contributed by atoms with E-state index in [2.05, 4.69) is 15.9 Å². The first-order valence-corrected chi connectivity index (χ1v) is 11.3. The van der Waals surface area contributed by atoms with Crippen LogP contribution in [0.3, 0.4) is 0 Å². The molecule has 2 aliphatic heterocycles. The number of amides is 1. The summed E-state index contributed by atoms with van der Waals surface area (Å²) in [5.41, 5.74) is 2.01. The fourth-order valence-corrected chi connectivity index (χ4v) is 6.42. The van der Waals surface area contributed by atoms with Crippen molar-refractivity contribution < 1.29 is 13.2 Å². The number of carbonyl (C=O) groups is 1. The van der Waals surface area contributed by atoms with Crippen LogP contribution >= 0.6 is 15.9 Å². The molecule has 142 valence electrons. The molecule has 0 radical (unpaired) electrons. The summed E-state index contributed by atoms with van der Waals surface area (Å²) in [6.45, 7) is 1.63. The lowest BCUT2D eigenvalue weighted by atomic mass is 9.95. The smallest absolute Gasteiger partial charge is 0.245 e. The van der Waals surface area contributed by atoms with Crippen molar-refractivity contribution in [3.05, 3.63) is 64.1 Å². The Kier molecular flexibility index (Phi) is 5.09. The minimum atomic E-state index is -3.82. The van der Waals surface area contributed by atoms with Gasteiger partial charge in [0.25, 0.3) is 0 Å². The molecule has 1 fully saturated rings. The van der Waals surface area contributed by atoms with Gasteiger partial charge in [-0.2, -0.15) is 4.31 Å². The molecule has 1 saturated heterocycles. The highest BCUT2D eigenvalue weighted by Crippen LogP contribution is 2.33. The maximum Gasteiger partial charge on any atom is 0.245 e. The summed E-state index contributed by atoms with van der Waals surface area (Å²) < 4.78 is 28.8. The van der Waals surface area contributed by atoms with Crippen molar-refractivity contribution in [3.63, 3.8) is 0 Å². The maximum atomic E-state index is 13.5. The van der Waals surface area contributed by atoms with Gasteiger partial charge in [0.15, 0.2) is 0 Å². The van der Waals surface area contributed by atoms with Gasteiger partial charge >= 0.3 is 0 Å². The van der Waals surface area contributed by atoms with E-state index in [9.17, 15) is 13.2 Å². The molecule has 1 atom stereocenters. The Morgan fingerprint density at radius 3 is 2.30 bits per heavy atom. The number of carbonyl (C=O) groups excluding carboxylic acids is 1. The summed E-state index contributed by atoms with van der Waals surface area (Å²) in [7, 11) is -3.82. The lowest BCUT2D eigenvalue weighted by Gasteiger charge is -2.37. The van der Waals surface area contributed by atoms with Gasteiger partial charge in [-0.05, 0) is 58.5 Å². The number of rotatable bonds is 3. The number of nitrogens with zero attached hydrogens (tertiary/aromatic N) is 2. The summed E-state index contributed by atoms with van der Waals surface area (Å²) >= 11 is 3.35. The quantitative estimate of drug-likeness (QED) is 0.724. The van der Waals surface area contributed by atoms with Gasteiger partial charge in [-0.3, -0.25) is 4.79 Å². The monoisotopic (exact) mass is 448 g/mol. The third-order valence-corrected chi connectivity index (χ3v) is 8.20. The number of sulfonamides is 1. The Balaban J connectivity index is 1.77. The van der Waals surface area contributed by atoms with E-state index in [0.717, 1.165) is 24.0 Å². The molecule has 2 aromatic rings. The fraction of sp³-hybridized carbons (Fsp3) is 0.350. The van der Waals surface area contributed by atoms with Crippen LogP contribution in [0.4, 0.5) is 0 Å². The molecule has 2 aliphatic rings. The SMILES string of the molecule is O=C([C@H]1Cc2ccccc2CN1S(=O)(=O)c1ccccc1Br)N1CCCC1. The Bertz CT molecular complexity index is 971. The molecule has 0 spiro atoms. The highest BCUT2D eigenvalue weighted by Gasteiger charge is 2.42. The van der Waals surface area contributed by atoms with E-state index in [1.165, 1.54) is 4.31 Å². The molecule has 0 N–H and O–H groups in total. The van der Waals surface area contributed by atoms with Crippen LogP contribution in [-0.4, -0.2) is 42.7 Å². The van der Waals surface area contributed by atoms with Gasteiger partial charge < -0.3 is 4.90 Å². The lowest BCUT2D eigenvalue weighted by Crippen LogP contribution is -2.53. The first-order valence-electron chi connectivity index (χ1n) is 9.10. The fourth-order valence-electron chi connectivity index (χ4n) is 3.89. The molecular weight excluding hydrogens is 428 g/mol. The Morgan fingerprint density at radius 1 is 0.963 bits per heavy atom. The van der Waals surface area contributed by atoms with Crippen molar-refractivity contribution in [2.45, 2.75) is 36.7 Å². The average molecular weight is 449 g/mol. The third kappa shape index (κ3) is 3.44. The molecule has 0 unspecified atom stereocenters. The largest absolute Gasteiger partial charge is 0.341 e. The summed E-state index contributed by atoms with van der Waals surface area (Å²) in [6, 6.07) is 13.8. The van der Waals surface area contributed by atoms with Crippen molar-refractivity contribution in [1.82, 2.24) is 9.21 Å². The van der Waals surface area contributed by atoms with Gasteiger partial charge in [-0.1, -0.05) is 36.4 Å². The molecule has 7 heteroatoms. The molecule has 0 aliphatic carbocycles. The van der Waals surface area contributed by atoms with E-state index in [-0.39, 0.29) is 17.3 Å². The van der Waals surface area contributed by atoms with Crippen LogP contribution in [-0.2, 0) is 27.8 Å². The van der Waals surface area contributed by atoms with Crippen LogP contribution in [0.1, 0.15) is 24.0 Å². The molecule has 4 rings (SSSR count). The van der Waals surface area contributed by atoms with Crippen LogP contribution in [0.5, 0.6) is 0 Å². The molecule has 5 nitrogen and oxygen atoms in total. The Morgan fingerprint density at radius 2 is 1.59 bits per heavy atom. The van der Waals surface area contributed by atoms with Crippen molar-refractivity contribution in [1.29, 1.82) is 0 Å². The molecule has 2 aromatic carbocycles. The normalized spacial score (nSPS) is 20.5. The number of hydrogen-bond donors (Lipinski definition) is 0. The Hall–Kier alpha value is -1.70. The van der Waals surface area contributed by atoms with Crippen LogP contribution in [0, 0.1) is 0 Å². The van der Waals surface area contributed by atoms with E-state index >= 15 is 0 Å². The minimum absolute atomic E-state index is 0.0855. The van der Waals surface area contributed by atoms with Crippen molar-refractivity contribution in [2.75, 3.05) is 13.1 Å². The molecule has 1 amide bonds. The second-order valence-corrected chi connectivity index (χ2v) is 9.72. The summed E-state index contributed by atoms with van der Waals surface area (Å²) in [6.07, 6.45) is 2.37. The van der Waals surface area contributed by atoms with Crippen molar-refractivity contribution >= 4 is 31.9 Å². The van der Waals surface area contributed by atoms with E-state index < -0.39 is 16.1 Å².